The second-order valence-corrected chi connectivity index (χ2v) is 4.70. The molecule has 1 rings (SSSR count). The van der Waals surface area contributed by atoms with Crippen molar-refractivity contribution in [2.24, 2.45) is 5.92 Å². The van der Waals surface area contributed by atoms with Gasteiger partial charge in [0, 0.05) is 0 Å². The fourth-order valence-electron chi connectivity index (χ4n) is 1.29. The van der Waals surface area contributed by atoms with E-state index in [-0.39, 0.29) is 12.6 Å². The third kappa shape index (κ3) is 2.74. The van der Waals surface area contributed by atoms with Crippen LogP contribution in [0, 0.1) is 5.92 Å². The lowest BCUT2D eigenvalue weighted by Gasteiger charge is -2.09. The van der Waals surface area contributed by atoms with Crippen LogP contribution in [-0.2, 0) is 4.57 Å². The summed E-state index contributed by atoms with van der Waals surface area (Å²) in [5.41, 5.74) is 0. The molecule has 12 heavy (non-hydrogen) atoms. The van der Waals surface area contributed by atoms with Crippen LogP contribution in [0.15, 0.2) is 11.9 Å². The highest BCUT2D eigenvalue weighted by Gasteiger charge is 2.28. The average molecular weight is 190 g/mol. The Hall–Kier alpha value is -0.115. The second kappa shape index (κ2) is 3.33. The van der Waals surface area contributed by atoms with E-state index in [4.69, 9.17) is 17.6 Å². The number of hydrogen-bond donors (Lipinski definition) is 2. The summed E-state index contributed by atoms with van der Waals surface area (Å²) in [6.45, 7) is 0. The normalized spacial score (nSPS) is 30.4. The molecule has 0 aromatic carbocycles. The van der Waals surface area contributed by atoms with Crippen molar-refractivity contribution in [1.82, 2.24) is 0 Å². The molecule has 2 N–H and O–H groups in total. The van der Waals surface area contributed by atoms with Crippen molar-refractivity contribution in [3.8, 4) is 0 Å². The summed E-state index contributed by atoms with van der Waals surface area (Å²) in [5, 5.41) is 0. The largest absolute Gasteiger partial charge is 0.326 e. The van der Waals surface area contributed by atoms with Gasteiger partial charge in [-0.3, -0.25) is 4.57 Å². The summed E-state index contributed by atoms with van der Waals surface area (Å²) in [5.74, 6) is -1.56. The highest BCUT2D eigenvalue weighted by atomic mass is 31.2. The third-order valence-corrected chi connectivity index (χ3v) is 2.72. The van der Waals surface area contributed by atoms with Crippen molar-refractivity contribution in [2.75, 3.05) is 6.16 Å². The molecule has 0 heterocycles. The topological polar surface area (TPSA) is 57.5 Å². The van der Waals surface area contributed by atoms with Crippen LogP contribution in [-0.4, -0.2) is 23.8 Å². The summed E-state index contributed by atoms with van der Waals surface area (Å²) in [6, 6.07) is 0. The van der Waals surface area contributed by atoms with Gasteiger partial charge in [-0.1, -0.05) is 0 Å². The van der Waals surface area contributed by atoms with Crippen LogP contribution in [0.3, 0.4) is 0 Å². The van der Waals surface area contributed by atoms with Crippen LogP contribution in [0.25, 0.3) is 0 Å². The Kier molecular flexibility index (Phi) is 2.76. The quantitative estimate of drug-likeness (QED) is 0.504. The lowest BCUT2D eigenvalue weighted by Crippen LogP contribution is -2.01. The summed E-state index contributed by atoms with van der Waals surface area (Å²) >= 11 is 0. The molecular formula is C6H9BFO3P. The molecule has 2 unspecified atom stereocenters. The molecule has 6 heteroatoms. The molecule has 0 saturated heterocycles. The maximum absolute atomic E-state index is 12.6. The van der Waals surface area contributed by atoms with E-state index in [1.165, 1.54) is 6.08 Å². The van der Waals surface area contributed by atoms with Gasteiger partial charge in [-0.25, -0.2) is 4.39 Å². The van der Waals surface area contributed by atoms with Crippen molar-refractivity contribution >= 4 is 15.4 Å². The molecule has 66 valence electrons. The summed E-state index contributed by atoms with van der Waals surface area (Å²) in [6.07, 6.45) is 1.18. The molecule has 2 atom stereocenters. The summed E-state index contributed by atoms with van der Waals surface area (Å²) < 4.78 is 23.1. The lowest BCUT2D eigenvalue weighted by molar-refractivity contribution is 0.366. The predicted molar refractivity (Wildman–Crippen MR) is 43.7 cm³/mol. The minimum atomic E-state index is -4.03. The van der Waals surface area contributed by atoms with E-state index < -0.39 is 25.2 Å². The molecule has 3 nitrogen and oxygen atoms in total. The smallest absolute Gasteiger partial charge is 0.324 e. The van der Waals surface area contributed by atoms with Gasteiger partial charge in [0.15, 0.2) is 0 Å². The first-order valence-electron chi connectivity index (χ1n) is 3.56. The molecule has 0 aromatic heterocycles. The van der Waals surface area contributed by atoms with Gasteiger partial charge in [-0.2, -0.15) is 0 Å². The summed E-state index contributed by atoms with van der Waals surface area (Å²) in [7, 11) is 1.26. The lowest BCUT2D eigenvalue weighted by atomic mass is 9.85. The van der Waals surface area contributed by atoms with Crippen molar-refractivity contribution in [1.29, 1.82) is 0 Å². The first-order valence-corrected chi connectivity index (χ1v) is 5.35. The van der Waals surface area contributed by atoms with Crippen LogP contribution in [0.1, 0.15) is 6.42 Å². The maximum Gasteiger partial charge on any atom is 0.326 e. The zero-order valence-electron chi connectivity index (χ0n) is 6.35. The zero-order valence-corrected chi connectivity index (χ0v) is 7.25. The molecule has 0 bridgehead atoms. The molecule has 0 aromatic rings. The van der Waals surface area contributed by atoms with E-state index >= 15 is 0 Å². The summed E-state index contributed by atoms with van der Waals surface area (Å²) in [4.78, 5) is 17.1. The van der Waals surface area contributed by atoms with E-state index in [0.717, 1.165) is 0 Å². The first-order chi connectivity index (χ1) is 5.38. The monoisotopic (exact) mass is 190 g/mol. The van der Waals surface area contributed by atoms with E-state index in [2.05, 4.69) is 0 Å². The van der Waals surface area contributed by atoms with Gasteiger partial charge in [0.1, 0.15) is 0 Å². The number of halogens is 1. The van der Waals surface area contributed by atoms with E-state index in [0.29, 0.717) is 0 Å². The molecular weight excluding hydrogens is 181 g/mol. The molecule has 1 aliphatic carbocycles. The average Bonchev–Trinajstić information content (AvgIpc) is 2.07. The van der Waals surface area contributed by atoms with E-state index in [1.807, 2.05) is 0 Å². The molecule has 0 amide bonds. The van der Waals surface area contributed by atoms with E-state index in [1.54, 1.807) is 0 Å². The Morgan fingerprint density at radius 3 is 2.67 bits per heavy atom. The fraction of sp³-hybridized carbons (Fsp3) is 0.667. The Morgan fingerprint density at radius 2 is 2.33 bits per heavy atom. The SMILES string of the molecule is [B]C1CC(CP(=O)(O)O)C=C1F. The molecule has 0 aliphatic heterocycles. The van der Waals surface area contributed by atoms with Crippen molar-refractivity contribution < 1.29 is 18.7 Å². The number of allylic oxidation sites excluding steroid dienone is 2. The van der Waals surface area contributed by atoms with E-state index in [9.17, 15) is 8.96 Å². The Bertz CT molecular complexity index is 249. The Morgan fingerprint density at radius 1 is 1.75 bits per heavy atom. The number of hydrogen-bond acceptors (Lipinski definition) is 1. The van der Waals surface area contributed by atoms with Crippen molar-refractivity contribution in [3.63, 3.8) is 0 Å². The van der Waals surface area contributed by atoms with Crippen LogP contribution < -0.4 is 0 Å². The van der Waals surface area contributed by atoms with Crippen molar-refractivity contribution in [2.45, 2.75) is 12.2 Å². The van der Waals surface area contributed by atoms with Gasteiger partial charge in [-0.05, 0) is 24.2 Å². The van der Waals surface area contributed by atoms with Crippen LogP contribution in [0.5, 0.6) is 0 Å². The highest BCUT2D eigenvalue weighted by molar-refractivity contribution is 7.51. The molecule has 2 radical (unpaired) electrons. The van der Waals surface area contributed by atoms with Gasteiger partial charge in [-0.15, -0.1) is 0 Å². The maximum atomic E-state index is 12.6. The molecule has 0 spiro atoms. The van der Waals surface area contributed by atoms with Gasteiger partial charge >= 0.3 is 7.60 Å². The van der Waals surface area contributed by atoms with Crippen LogP contribution in [0.2, 0.25) is 5.82 Å². The van der Waals surface area contributed by atoms with Crippen molar-refractivity contribution in [3.05, 3.63) is 11.9 Å². The third-order valence-electron chi connectivity index (χ3n) is 1.78. The van der Waals surface area contributed by atoms with Gasteiger partial charge < -0.3 is 9.79 Å². The second-order valence-electron chi connectivity index (χ2n) is 3.00. The fourth-order valence-corrected chi connectivity index (χ4v) is 2.15. The standard InChI is InChI=1S/C6H9BFO3P/c7-5-1-4(2-6(5)8)3-12(9,10)11/h2,4-5H,1,3H2,(H2,9,10,11). The zero-order chi connectivity index (χ0) is 9.35. The Balaban J connectivity index is 2.54. The first kappa shape index (κ1) is 9.97. The number of rotatable bonds is 2. The Labute approximate surface area is 71.2 Å². The van der Waals surface area contributed by atoms with Gasteiger partial charge in [0.2, 0.25) is 0 Å². The minimum Gasteiger partial charge on any atom is -0.324 e. The highest BCUT2D eigenvalue weighted by Crippen LogP contribution is 2.43. The van der Waals surface area contributed by atoms with Crippen LogP contribution >= 0.6 is 7.60 Å². The minimum absolute atomic E-state index is 0.289. The van der Waals surface area contributed by atoms with Gasteiger partial charge in [0.25, 0.3) is 0 Å². The predicted octanol–water partition coefficient (Wildman–Crippen LogP) is 0.994. The van der Waals surface area contributed by atoms with Crippen LogP contribution in [0.4, 0.5) is 4.39 Å². The molecule has 1 aliphatic rings. The van der Waals surface area contributed by atoms with Gasteiger partial charge in [0.05, 0.1) is 19.8 Å². The molecule has 0 fully saturated rings. The molecule has 0 saturated carbocycles.